The minimum absolute atomic E-state index is 0.128. The molecule has 0 spiro atoms. The number of benzene rings is 1. The maximum Gasteiger partial charge on any atom is 0.414 e. The van der Waals surface area contributed by atoms with Crippen molar-refractivity contribution in [1.29, 1.82) is 0 Å². The minimum atomic E-state index is -0.755. The first kappa shape index (κ1) is 18.4. The van der Waals surface area contributed by atoms with E-state index in [-0.39, 0.29) is 17.9 Å². The Balaban J connectivity index is 1.50. The van der Waals surface area contributed by atoms with Gasteiger partial charge in [0.15, 0.2) is 11.6 Å². The van der Waals surface area contributed by atoms with Crippen molar-refractivity contribution in [2.24, 2.45) is 10.2 Å². The number of nitrogens with zero attached hydrogens (tertiary/aromatic N) is 7. The zero-order chi connectivity index (χ0) is 19.8. The molecule has 0 N–H and O–H groups in total. The molecule has 3 aliphatic heterocycles. The zero-order valence-electron chi connectivity index (χ0n) is 15.6. The molecule has 1 saturated heterocycles. The lowest BCUT2D eigenvalue weighted by atomic mass is 10.2. The van der Waals surface area contributed by atoms with E-state index in [2.05, 4.69) is 10.2 Å². The van der Waals surface area contributed by atoms with Crippen LogP contribution in [0.5, 0.6) is 0 Å². The molecule has 0 aromatic heterocycles. The Labute approximate surface area is 161 Å². The number of hydrogen-bond donors (Lipinski definition) is 0. The molecule has 3 aliphatic rings. The molecule has 9 nitrogen and oxygen atoms in total. The Bertz CT molecular complexity index is 811. The van der Waals surface area contributed by atoms with E-state index in [0.717, 1.165) is 12.1 Å². The maximum absolute atomic E-state index is 14.7. The molecule has 1 amide bonds. The van der Waals surface area contributed by atoms with Gasteiger partial charge in [0.2, 0.25) is 0 Å². The van der Waals surface area contributed by atoms with Crippen LogP contribution in [-0.4, -0.2) is 86.7 Å². The Morgan fingerprint density at radius 3 is 2.54 bits per heavy atom. The molecular formula is C17H21F2N7O2. The van der Waals surface area contributed by atoms with E-state index in [1.54, 1.807) is 30.4 Å². The van der Waals surface area contributed by atoms with Crippen LogP contribution in [0.4, 0.5) is 25.0 Å². The van der Waals surface area contributed by atoms with Crippen molar-refractivity contribution in [2.75, 3.05) is 56.6 Å². The summed E-state index contributed by atoms with van der Waals surface area (Å²) in [6.07, 6.45) is 2.09. The topological polar surface area (TPSA) is 67.2 Å². The maximum atomic E-state index is 14.7. The second-order valence-corrected chi connectivity index (χ2v) is 6.84. The fourth-order valence-electron chi connectivity index (χ4n) is 3.37. The number of likely N-dealkylation sites (N-methyl/N-ethyl adjacent to an activating group) is 1. The molecule has 28 heavy (non-hydrogen) atoms. The highest BCUT2D eigenvalue weighted by Crippen LogP contribution is 2.31. The summed E-state index contributed by atoms with van der Waals surface area (Å²) in [4.78, 5) is 14.9. The minimum Gasteiger partial charge on any atom is -0.442 e. The third-order valence-corrected chi connectivity index (χ3v) is 4.89. The van der Waals surface area contributed by atoms with Gasteiger partial charge in [-0.1, -0.05) is 0 Å². The third kappa shape index (κ3) is 3.44. The third-order valence-electron chi connectivity index (χ3n) is 4.89. The van der Waals surface area contributed by atoms with Gasteiger partial charge in [-0.2, -0.15) is 15.2 Å². The Morgan fingerprint density at radius 2 is 1.93 bits per heavy atom. The lowest BCUT2D eigenvalue weighted by molar-refractivity contribution is 0.00149. The fourth-order valence-corrected chi connectivity index (χ4v) is 3.37. The van der Waals surface area contributed by atoms with E-state index in [1.807, 2.05) is 5.01 Å². The quantitative estimate of drug-likeness (QED) is 0.764. The van der Waals surface area contributed by atoms with Gasteiger partial charge in [0.1, 0.15) is 18.1 Å². The van der Waals surface area contributed by atoms with Crippen LogP contribution in [0.1, 0.15) is 0 Å². The molecule has 0 radical (unpaired) electrons. The molecule has 1 aromatic rings. The molecule has 11 heteroatoms. The van der Waals surface area contributed by atoms with Crippen LogP contribution in [-0.2, 0) is 4.74 Å². The molecule has 4 rings (SSSR count). The number of rotatable bonds is 4. The summed E-state index contributed by atoms with van der Waals surface area (Å²) in [5.41, 5.74) is -0.0519. The normalized spacial score (nSPS) is 22.6. The monoisotopic (exact) mass is 393 g/mol. The van der Waals surface area contributed by atoms with Crippen LogP contribution >= 0.6 is 0 Å². The average molecular weight is 393 g/mol. The van der Waals surface area contributed by atoms with Crippen LogP contribution in [0.15, 0.2) is 22.3 Å². The molecule has 1 fully saturated rings. The molecular weight excluding hydrogens is 372 g/mol. The predicted octanol–water partition coefficient (Wildman–Crippen LogP) is 1.13. The van der Waals surface area contributed by atoms with Gasteiger partial charge in [-0.15, -0.1) is 0 Å². The number of halogens is 2. The first-order chi connectivity index (χ1) is 13.4. The summed E-state index contributed by atoms with van der Waals surface area (Å²) >= 11 is 0. The van der Waals surface area contributed by atoms with Gasteiger partial charge < -0.3 is 9.64 Å². The van der Waals surface area contributed by atoms with Gasteiger partial charge in [-0.05, 0) is 0 Å². The van der Waals surface area contributed by atoms with Gasteiger partial charge in [0.05, 0.1) is 31.9 Å². The van der Waals surface area contributed by atoms with Gasteiger partial charge in [-0.25, -0.2) is 18.7 Å². The molecule has 1 atom stereocenters. The first-order valence-electron chi connectivity index (χ1n) is 8.92. The van der Waals surface area contributed by atoms with E-state index in [9.17, 15) is 13.6 Å². The summed E-state index contributed by atoms with van der Waals surface area (Å²) in [6, 6.07) is 2.30. The Morgan fingerprint density at radius 1 is 1.18 bits per heavy atom. The molecule has 3 heterocycles. The molecule has 0 saturated carbocycles. The molecule has 0 bridgehead atoms. The van der Waals surface area contributed by atoms with Crippen molar-refractivity contribution in [1.82, 2.24) is 15.1 Å². The largest absolute Gasteiger partial charge is 0.442 e. The summed E-state index contributed by atoms with van der Waals surface area (Å²) in [7, 11) is 3.58. The van der Waals surface area contributed by atoms with E-state index in [0.29, 0.717) is 26.2 Å². The number of ether oxygens (including phenoxy) is 1. The van der Waals surface area contributed by atoms with Gasteiger partial charge in [0.25, 0.3) is 0 Å². The Kier molecular flexibility index (Phi) is 4.75. The van der Waals surface area contributed by atoms with Crippen LogP contribution in [0.3, 0.4) is 0 Å². The summed E-state index contributed by atoms with van der Waals surface area (Å²) in [5.74, 6) is -1.51. The molecule has 150 valence electrons. The van der Waals surface area contributed by atoms with Crippen molar-refractivity contribution in [3.63, 3.8) is 0 Å². The number of cyclic esters (lactones) is 1. The summed E-state index contributed by atoms with van der Waals surface area (Å²) < 4.78 is 34.7. The van der Waals surface area contributed by atoms with E-state index >= 15 is 0 Å². The van der Waals surface area contributed by atoms with E-state index in [4.69, 9.17) is 4.74 Å². The highest BCUT2D eigenvalue weighted by atomic mass is 19.1. The van der Waals surface area contributed by atoms with Gasteiger partial charge in [-0.3, -0.25) is 9.91 Å². The van der Waals surface area contributed by atoms with Crippen molar-refractivity contribution >= 4 is 30.0 Å². The zero-order valence-corrected chi connectivity index (χ0v) is 15.6. The van der Waals surface area contributed by atoms with Gasteiger partial charge >= 0.3 is 6.09 Å². The number of amides is 1. The number of hydrazine groups is 1. The lowest BCUT2D eigenvalue weighted by Gasteiger charge is -2.28. The standard InChI is InChI=1S/C17H21F2N7O2/c1-22-5-6-24(11-21-22)16-14(18)7-12(8-15(16)19)26-10-13(28-17(26)27)9-25-4-3-20-23(25)2/h3,7-8,11,13H,4-6,9-10H2,1-2H3. The van der Waals surface area contributed by atoms with Crippen LogP contribution < -0.4 is 9.80 Å². The van der Waals surface area contributed by atoms with E-state index < -0.39 is 23.8 Å². The van der Waals surface area contributed by atoms with Crippen LogP contribution in [0.2, 0.25) is 0 Å². The van der Waals surface area contributed by atoms with Crippen molar-refractivity contribution in [3.8, 4) is 0 Å². The number of carbonyl (C=O) groups is 1. The second-order valence-electron chi connectivity index (χ2n) is 6.84. The van der Waals surface area contributed by atoms with Crippen LogP contribution in [0, 0.1) is 11.6 Å². The van der Waals surface area contributed by atoms with Crippen molar-refractivity contribution in [3.05, 3.63) is 23.8 Å². The smallest absolute Gasteiger partial charge is 0.414 e. The predicted molar refractivity (Wildman–Crippen MR) is 100 cm³/mol. The molecule has 1 aromatic carbocycles. The van der Waals surface area contributed by atoms with Crippen molar-refractivity contribution in [2.45, 2.75) is 6.10 Å². The second kappa shape index (κ2) is 7.23. The highest BCUT2D eigenvalue weighted by molar-refractivity contribution is 5.90. The number of hydrogen-bond acceptors (Lipinski definition) is 8. The Hall–Kier alpha value is -2.95. The SMILES string of the molecule is CN1CCN(c2c(F)cc(N3CC(CN4CC=NN4C)OC3=O)cc2F)C=N1. The van der Waals surface area contributed by atoms with Crippen LogP contribution in [0.25, 0.3) is 0 Å². The van der Waals surface area contributed by atoms with E-state index in [1.165, 1.54) is 16.1 Å². The summed E-state index contributed by atoms with van der Waals surface area (Å²) in [5, 5.41) is 13.4. The molecule has 0 aliphatic carbocycles. The van der Waals surface area contributed by atoms with Crippen molar-refractivity contribution < 1.29 is 18.3 Å². The fraction of sp³-hybridized carbons (Fsp3) is 0.471. The molecule has 1 unspecified atom stereocenters. The summed E-state index contributed by atoms with van der Waals surface area (Å²) in [6.45, 7) is 2.23. The first-order valence-corrected chi connectivity index (χ1v) is 8.92. The number of carbonyl (C=O) groups excluding carboxylic acids is 1. The number of anilines is 2. The van der Waals surface area contributed by atoms with Gasteiger partial charge in [0, 0.05) is 39.0 Å². The lowest BCUT2D eigenvalue weighted by Crippen LogP contribution is -2.40. The average Bonchev–Trinajstić information content (AvgIpc) is 3.22. The number of hydrazone groups is 2. The highest BCUT2D eigenvalue weighted by Gasteiger charge is 2.35.